The Morgan fingerprint density at radius 2 is 2.10 bits per heavy atom. The molecule has 2 N–H and O–H groups in total. The predicted molar refractivity (Wildman–Crippen MR) is 71.8 cm³/mol. The lowest BCUT2D eigenvalue weighted by atomic mass is 10.0. The first-order valence-corrected chi connectivity index (χ1v) is 6.60. The van der Waals surface area contributed by atoms with Gasteiger partial charge in [0.15, 0.2) is 11.6 Å². The molecule has 21 heavy (non-hydrogen) atoms. The number of rotatable bonds is 4. The van der Waals surface area contributed by atoms with Crippen molar-refractivity contribution in [2.45, 2.75) is 19.4 Å². The quantitative estimate of drug-likeness (QED) is 0.887. The van der Waals surface area contributed by atoms with Gasteiger partial charge in [0.2, 0.25) is 5.91 Å². The Hall–Kier alpha value is -2.02. The molecule has 0 saturated carbocycles. The number of benzene rings is 1. The van der Waals surface area contributed by atoms with Gasteiger partial charge in [0.05, 0.1) is 6.54 Å². The van der Waals surface area contributed by atoms with Crippen molar-refractivity contribution >= 4 is 17.6 Å². The number of amides is 1. The number of carboxylic acids is 1. The summed E-state index contributed by atoms with van der Waals surface area (Å²) in [4.78, 5) is 24.6. The molecular formula is C14H16F2N2O3. The van der Waals surface area contributed by atoms with Crippen LogP contribution in [-0.2, 0) is 9.59 Å². The van der Waals surface area contributed by atoms with Gasteiger partial charge in [-0.2, -0.15) is 0 Å². The highest BCUT2D eigenvalue weighted by Gasteiger charge is 2.37. The highest BCUT2D eigenvalue weighted by molar-refractivity contribution is 5.92. The molecule has 7 heteroatoms. The summed E-state index contributed by atoms with van der Waals surface area (Å²) in [7, 11) is 0. The molecule has 5 nitrogen and oxygen atoms in total. The Bertz CT molecular complexity index is 565. The van der Waals surface area contributed by atoms with Crippen LogP contribution in [0.1, 0.15) is 13.3 Å². The summed E-state index contributed by atoms with van der Waals surface area (Å²) >= 11 is 0. The van der Waals surface area contributed by atoms with E-state index in [9.17, 15) is 18.4 Å². The molecule has 1 aliphatic rings. The highest BCUT2D eigenvalue weighted by atomic mass is 19.2. The van der Waals surface area contributed by atoms with Crippen molar-refractivity contribution in [1.29, 1.82) is 0 Å². The average molecular weight is 298 g/mol. The van der Waals surface area contributed by atoms with Crippen LogP contribution < -0.4 is 5.32 Å². The minimum atomic E-state index is -1.05. The smallest absolute Gasteiger partial charge is 0.321 e. The summed E-state index contributed by atoms with van der Waals surface area (Å²) in [6.07, 6.45) is 0.704. The SMILES string of the molecule is CC1CCN(CC(=O)Nc2ccc(F)c(F)c2)C1C(=O)O. The third-order valence-corrected chi connectivity index (χ3v) is 3.61. The normalized spacial score (nSPS) is 22.2. The van der Waals surface area contributed by atoms with E-state index in [-0.39, 0.29) is 18.2 Å². The number of halogens is 2. The van der Waals surface area contributed by atoms with Gasteiger partial charge in [0.1, 0.15) is 6.04 Å². The van der Waals surface area contributed by atoms with Gasteiger partial charge in [-0.1, -0.05) is 6.92 Å². The van der Waals surface area contributed by atoms with E-state index in [0.717, 1.165) is 12.1 Å². The van der Waals surface area contributed by atoms with E-state index in [0.29, 0.717) is 13.0 Å². The lowest BCUT2D eigenvalue weighted by molar-refractivity contribution is -0.143. The number of hydrogen-bond donors (Lipinski definition) is 2. The van der Waals surface area contributed by atoms with E-state index in [4.69, 9.17) is 5.11 Å². The van der Waals surface area contributed by atoms with Gasteiger partial charge >= 0.3 is 5.97 Å². The number of nitrogens with zero attached hydrogens (tertiary/aromatic N) is 1. The highest BCUT2D eigenvalue weighted by Crippen LogP contribution is 2.24. The molecule has 1 aromatic carbocycles. The van der Waals surface area contributed by atoms with Crippen molar-refractivity contribution in [2.75, 3.05) is 18.4 Å². The molecule has 0 aromatic heterocycles. The first-order chi connectivity index (χ1) is 9.88. The minimum Gasteiger partial charge on any atom is -0.480 e. The largest absolute Gasteiger partial charge is 0.480 e. The Kier molecular flexibility index (Phi) is 4.52. The van der Waals surface area contributed by atoms with Gasteiger partial charge in [-0.3, -0.25) is 14.5 Å². The van der Waals surface area contributed by atoms with Crippen LogP contribution >= 0.6 is 0 Å². The number of nitrogens with one attached hydrogen (secondary N) is 1. The summed E-state index contributed by atoms with van der Waals surface area (Å²) < 4.78 is 25.8. The molecule has 0 radical (unpaired) electrons. The second-order valence-corrected chi connectivity index (χ2v) is 5.20. The predicted octanol–water partition coefficient (Wildman–Crippen LogP) is 1.70. The zero-order valence-corrected chi connectivity index (χ0v) is 11.5. The molecule has 2 unspecified atom stereocenters. The van der Waals surface area contributed by atoms with E-state index in [1.807, 2.05) is 6.92 Å². The van der Waals surface area contributed by atoms with E-state index in [2.05, 4.69) is 5.32 Å². The standard InChI is InChI=1S/C14H16F2N2O3/c1-8-4-5-18(13(8)14(20)21)7-12(19)17-9-2-3-10(15)11(16)6-9/h2-3,6,8,13H,4-5,7H2,1H3,(H,17,19)(H,20,21). The van der Waals surface area contributed by atoms with Crippen LogP contribution in [0.4, 0.5) is 14.5 Å². The van der Waals surface area contributed by atoms with Crippen LogP contribution in [0.5, 0.6) is 0 Å². The molecule has 0 spiro atoms. The first kappa shape index (κ1) is 15.4. The van der Waals surface area contributed by atoms with Gasteiger partial charge in [-0.15, -0.1) is 0 Å². The minimum absolute atomic E-state index is 0.0291. The fraction of sp³-hybridized carbons (Fsp3) is 0.429. The molecule has 1 heterocycles. The van der Waals surface area contributed by atoms with E-state index >= 15 is 0 Å². The topological polar surface area (TPSA) is 69.6 Å². The van der Waals surface area contributed by atoms with Crippen LogP contribution in [0.15, 0.2) is 18.2 Å². The number of hydrogen-bond acceptors (Lipinski definition) is 3. The third kappa shape index (κ3) is 3.55. The molecule has 1 aliphatic heterocycles. The molecule has 0 aliphatic carbocycles. The van der Waals surface area contributed by atoms with Crippen molar-refractivity contribution in [3.05, 3.63) is 29.8 Å². The van der Waals surface area contributed by atoms with Gasteiger partial charge in [0.25, 0.3) is 0 Å². The zero-order valence-electron chi connectivity index (χ0n) is 11.5. The van der Waals surface area contributed by atoms with Crippen LogP contribution in [0.2, 0.25) is 0 Å². The van der Waals surface area contributed by atoms with Crippen LogP contribution in [0, 0.1) is 17.6 Å². The molecule has 114 valence electrons. The van der Waals surface area contributed by atoms with E-state index in [1.165, 1.54) is 6.07 Å². The maximum Gasteiger partial charge on any atom is 0.321 e. The molecule has 1 fully saturated rings. The van der Waals surface area contributed by atoms with Crippen molar-refractivity contribution in [3.8, 4) is 0 Å². The second-order valence-electron chi connectivity index (χ2n) is 5.20. The van der Waals surface area contributed by atoms with Crippen molar-refractivity contribution < 1.29 is 23.5 Å². The summed E-state index contributed by atoms with van der Waals surface area (Å²) in [6.45, 7) is 2.25. The lowest BCUT2D eigenvalue weighted by Gasteiger charge is -2.22. The molecule has 0 bridgehead atoms. The molecule has 1 saturated heterocycles. The molecule has 1 aromatic rings. The van der Waals surface area contributed by atoms with Crippen LogP contribution in [0.3, 0.4) is 0 Å². The van der Waals surface area contributed by atoms with Crippen molar-refractivity contribution in [3.63, 3.8) is 0 Å². The van der Waals surface area contributed by atoms with Gasteiger partial charge in [0, 0.05) is 11.8 Å². The number of carboxylic acid groups (broad SMARTS) is 1. The van der Waals surface area contributed by atoms with Gasteiger partial charge in [-0.05, 0) is 31.0 Å². The number of likely N-dealkylation sites (tertiary alicyclic amines) is 1. The molecule has 1 amide bonds. The zero-order chi connectivity index (χ0) is 15.6. The van der Waals surface area contributed by atoms with E-state index < -0.39 is 29.6 Å². The van der Waals surface area contributed by atoms with Crippen molar-refractivity contribution in [1.82, 2.24) is 4.90 Å². The summed E-state index contributed by atoms with van der Waals surface area (Å²) in [6, 6.07) is 2.36. The summed E-state index contributed by atoms with van der Waals surface area (Å²) in [5.74, 6) is -3.49. The number of aliphatic carboxylic acids is 1. The maximum absolute atomic E-state index is 13.0. The average Bonchev–Trinajstić information content (AvgIpc) is 2.75. The maximum atomic E-state index is 13.0. The van der Waals surface area contributed by atoms with Gasteiger partial charge in [-0.25, -0.2) is 8.78 Å². The van der Waals surface area contributed by atoms with Crippen LogP contribution in [0.25, 0.3) is 0 Å². The Morgan fingerprint density at radius 1 is 1.38 bits per heavy atom. The molecular weight excluding hydrogens is 282 g/mol. The fourth-order valence-corrected chi connectivity index (χ4v) is 2.56. The number of anilines is 1. The molecule has 2 rings (SSSR count). The van der Waals surface area contributed by atoms with Gasteiger partial charge < -0.3 is 10.4 Å². The third-order valence-electron chi connectivity index (χ3n) is 3.61. The Labute approximate surface area is 120 Å². The lowest BCUT2D eigenvalue weighted by Crippen LogP contribution is -2.43. The first-order valence-electron chi connectivity index (χ1n) is 6.60. The number of carbonyl (C=O) groups excluding carboxylic acids is 1. The van der Waals surface area contributed by atoms with Crippen LogP contribution in [-0.4, -0.2) is 41.0 Å². The van der Waals surface area contributed by atoms with E-state index in [1.54, 1.807) is 4.90 Å². The Balaban J connectivity index is 1.98. The fourth-order valence-electron chi connectivity index (χ4n) is 2.56. The number of carbonyl (C=O) groups is 2. The monoisotopic (exact) mass is 298 g/mol. The Morgan fingerprint density at radius 3 is 2.71 bits per heavy atom. The molecule has 2 atom stereocenters. The van der Waals surface area contributed by atoms with Crippen molar-refractivity contribution in [2.24, 2.45) is 5.92 Å². The summed E-state index contributed by atoms with van der Waals surface area (Å²) in [5.41, 5.74) is 0.137. The second kappa shape index (κ2) is 6.17. The summed E-state index contributed by atoms with van der Waals surface area (Å²) in [5, 5.41) is 11.6.